The summed E-state index contributed by atoms with van der Waals surface area (Å²) >= 11 is 23.9. The van der Waals surface area contributed by atoms with Crippen molar-refractivity contribution < 1.29 is 9.53 Å². The third-order valence-electron chi connectivity index (χ3n) is 2.55. The predicted molar refractivity (Wildman–Crippen MR) is 81.1 cm³/mol. The van der Waals surface area contributed by atoms with Crippen molar-refractivity contribution >= 4 is 52.4 Å². The van der Waals surface area contributed by atoms with Crippen LogP contribution in [0.3, 0.4) is 0 Å². The van der Waals surface area contributed by atoms with Crippen molar-refractivity contribution in [2.24, 2.45) is 0 Å². The van der Waals surface area contributed by atoms with E-state index >= 15 is 0 Å². The molecule has 0 saturated heterocycles. The van der Waals surface area contributed by atoms with Gasteiger partial charge in [0.05, 0.1) is 22.7 Å². The van der Waals surface area contributed by atoms with Gasteiger partial charge in [-0.2, -0.15) is 0 Å². The van der Waals surface area contributed by atoms with Crippen molar-refractivity contribution in [2.45, 2.75) is 0 Å². The molecule has 0 fully saturated rings. The minimum Gasteiger partial charge on any atom is -0.465 e. The Labute approximate surface area is 135 Å². The van der Waals surface area contributed by atoms with Gasteiger partial charge in [0.1, 0.15) is 5.15 Å². The summed E-state index contributed by atoms with van der Waals surface area (Å²) in [7, 11) is 1.26. The molecule has 0 aliphatic carbocycles. The van der Waals surface area contributed by atoms with Crippen molar-refractivity contribution in [1.29, 1.82) is 0 Å². The molecule has 1 heterocycles. The number of halogens is 4. The fraction of sp³-hybridized carbons (Fsp3) is 0.0769. The van der Waals surface area contributed by atoms with Crippen LogP contribution in [0.5, 0.6) is 0 Å². The second kappa shape index (κ2) is 6.19. The lowest BCUT2D eigenvalue weighted by atomic mass is 10.1. The van der Waals surface area contributed by atoms with Crippen LogP contribution in [0.4, 0.5) is 0 Å². The van der Waals surface area contributed by atoms with Crippen molar-refractivity contribution in [2.75, 3.05) is 7.11 Å². The highest BCUT2D eigenvalue weighted by Gasteiger charge is 2.16. The van der Waals surface area contributed by atoms with Crippen LogP contribution in [-0.2, 0) is 4.74 Å². The summed E-state index contributed by atoms with van der Waals surface area (Å²) in [6.45, 7) is 0. The maximum Gasteiger partial charge on any atom is 0.341 e. The number of pyridine rings is 1. The standard InChI is InChI=1S/C13H7Cl4NO2/c1-20-13(19)9-2-6(5-18-12(9)17)8-3-7(14)4-10(15)11(8)16/h2-5H,1H3. The normalized spacial score (nSPS) is 10.4. The molecule has 7 heteroatoms. The number of nitrogens with zero attached hydrogens (tertiary/aromatic N) is 1. The summed E-state index contributed by atoms with van der Waals surface area (Å²) in [5, 5.41) is 1.09. The molecule has 1 aromatic heterocycles. The summed E-state index contributed by atoms with van der Waals surface area (Å²) in [6.07, 6.45) is 1.47. The molecule has 2 aromatic rings. The largest absolute Gasteiger partial charge is 0.465 e. The minimum absolute atomic E-state index is 0.0462. The topological polar surface area (TPSA) is 39.2 Å². The van der Waals surface area contributed by atoms with E-state index in [1.165, 1.54) is 25.4 Å². The van der Waals surface area contributed by atoms with E-state index in [4.69, 9.17) is 46.4 Å². The van der Waals surface area contributed by atoms with E-state index in [1.54, 1.807) is 6.07 Å². The Balaban J connectivity index is 2.62. The highest BCUT2D eigenvalue weighted by Crippen LogP contribution is 2.37. The Kier molecular flexibility index (Phi) is 4.76. The molecule has 2 rings (SSSR count). The Morgan fingerprint density at radius 2 is 1.85 bits per heavy atom. The number of rotatable bonds is 2. The van der Waals surface area contributed by atoms with Gasteiger partial charge in [0.25, 0.3) is 0 Å². The van der Waals surface area contributed by atoms with E-state index in [9.17, 15) is 4.79 Å². The first-order valence-electron chi connectivity index (χ1n) is 5.32. The Bertz CT molecular complexity index is 688. The van der Waals surface area contributed by atoms with E-state index in [2.05, 4.69) is 9.72 Å². The number of esters is 1. The summed E-state index contributed by atoms with van der Waals surface area (Å²) in [5.74, 6) is -0.589. The molecule has 0 unspecified atom stereocenters. The molecule has 0 bridgehead atoms. The molecule has 3 nitrogen and oxygen atoms in total. The van der Waals surface area contributed by atoms with E-state index in [1.807, 2.05) is 0 Å². The molecule has 0 spiro atoms. The monoisotopic (exact) mass is 349 g/mol. The van der Waals surface area contributed by atoms with Crippen molar-refractivity contribution in [3.8, 4) is 11.1 Å². The molecule has 20 heavy (non-hydrogen) atoms. The molecule has 0 N–H and O–H groups in total. The minimum atomic E-state index is -0.589. The molecule has 0 saturated carbocycles. The number of hydrogen-bond donors (Lipinski definition) is 0. The average Bonchev–Trinajstić information content (AvgIpc) is 2.42. The highest BCUT2D eigenvalue weighted by molar-refractivity contribution is 6.45. The van der Waals surface area contributed by atoms with Gasteiger partial charge in [0.15, 0.2) is 0 Å². The van der Waals surface area contributed by atoms with Crippen LogP contribution in [0.15, 0.2) is 24.4 Å². The number of carbonyl (C=O) groups excluding carboxylic acids is 1. The summed E-state index contributed by atoms with van der Waals surface area (Å²) < 4.78 is 4.64. The van der Waals surface area contributed by atoms with Crippen molar-refractivity contribution in [3.05, 3.63) is 50.2 Å². The SMILES string of the molecule is COC(=O)c1cc(-c2cc(Cl)cc(Cl)c2Cl)cnc1Cl. The zero-order valence-corrected chi connectivity index (χ0v) is 13.1. The Morgan fingerprint density at radius 3 is 2.50 bits per heavy atom. The summed E-state index contributed by atoms with van der Waals surface area (Å²) in [5.41, 5.74) is 1.25. The quantitative estimate of drug-likeness (QED) is 0.427. The fourth-order valence-corrected chi connectivity index (χ4v) is 2.51. The first-order chi connectivity index (χ1) is 9.43. The molecule has 0 atom stereocenters. The van der Waals surface area contributed by atoms with Crippen LogP contribution in [0.1, 0.15) is 10.4 Å². The molecule has 0 radical (unpaired) electrons. The molecule has 104 valence electrons. The predicted octanol–water partition coefficient (Wildman–Crippen LogP) is 5.15. The number of methoxy groups -OCH3 is 1. The first kappa shape index (κ1) is 15.4. The maximum atomic E-state index is 11.6. The zero-order valence-electron chi connectivity index (χ0n) is 10.1. The summed E-state index contributed by atoms with van der Waals surface area (Å²) in [4.78, 5) is 15.5. The third kappa shape index (κ3) is 3.01. The number of ether oxygens (including phenoxy) is 1. The lowest BCUT2D eigenvalue weighted by molar-refractivity contribution is 0.0600. The number of benzene rings is 1. The second-order valence-electron chi connectivity index (χ2n) is 3.80. The van der Waals surface area contributed by atoms with Gasteiger partial charge in [-0.15, -0.1) is 0 Å². The van der Waals surface area contributed by atoms with Crippen LogP contribution in [0, 0.1) is 0 Å². The molecule has 0 aliphatic heterocycles. The molecule has 1 aromatic carbocycles. The number of hydrogen-bond acceptors (Lipinski definition) is 3. The zero-order chi connectivity index (χ0) is 14.9. The smallest absolute Gasteiger partial charge is 0.341 e. The molecular weight excluding hydrogens is 344 g/mol. The van der Waals surface area contributed by atoms with Crippen LogP contribution in [0.25, 0.3) is 11.1 Å². The van der Waals surface area contributed by atoms with Gasteiger partial charge in [-0.1, -0.05) is 46.4 Å². The lowest BCUT2D eigenvalue weighted by Crippen LogP contribution is -2.03. The molecule has 0 aliphatic rings. The van der Waals surface area contributed by atoms with Crippen LogP contribution in [-0.4, -0.2) is 18.1 Å². The van der Waals surface area contributed by atoms with E-state index < -0.39 is 5.97 Å². The maximum absolute atomic E-state index is 11.6. The Hall–Kier alpha value is -1.000. The van der Waals surface area contributed by atoms with Crippen LogP contribution in [0.2, 0.25) is 20.2 Å². The van der Waals surface area contributed by atoms with Gasteiger partial charge in [-0.05, 0) is 18.2 Å². The third-order valence-corrected chi connectivity index (χ3v) is 3.87. The number of carbonyl (C=O) groups is 1. The fourth-order valence-electron chi connectivity index (χ4n) is 1.61. The highest BCUT2D eigenvalue weighted by atomic mass is 35.5. The molecule has 0 amide bonds. The number of aromatic nitrogens is 1. The van der Waals surface area contributed by atoms with Gasteiger partial charge in [-0.25, -0.2) is 9.78 Å². The van der Waals surface area contributed by atoms with Crippen LogP contribution >= 0.6 is 46.4 Å². The van der Waals surface area contributed by atoms with Crippen LogP contribution < -0.4 is 0 Å². The van der Waals surface area contributed by atoms with Gasteiger partial charge < -0.3 is 4.74 Å². The van der Waals surface area contributed by atoms with E-state index in [0.29, 0.717) is 26.2 Å². The van der Waals surface area contributed by atoms with Gasteiger partial charge in [-0.3, -0.25) is 0 Å². The van der Waals surface area contributed by atoms with E-state index in [0.717, 1.165) is 0 Å². The van der Waals surface area contributed by atoms with Crippen molar-refractivity contribution in [1.82, 2.24) is 4.98 Å². The van der Waals surface area contributed by atoms with Gasteiger partial charge in [0.2, 0.25) is 0 Å². The molecular formula is C13H7Cl4NO2. The Morgan fingerprint density at radius 1 is 1.15 bits per heavy atom. The average molecular weight is 351 g/mol. The van der Waals surface area contributed by atoms with Gasteiger partial charge in [0, 0.05) is 22.3 Å². The first-order valence-corrected chi connectivity index (χ1v) is 6.84. The lowest BCUT2D eigenvalue weighted by Gasteiger charge is -2.09. The second-order valence-corrected chi connectivity index (χ2v) is 5.38. The van der Waals surface area contributed by atoms with E-state index in [-0.39, 0.29) is 10.7 Å². The van der Waals surface area contributed by atoms with Crippen molar-refractivity contribution in [3.63, 3.8) is 0 Å². The van der Waals surface area contributed by atoms with Gasteiger partial charge >= 0.3 is 5.97 Å². The summed E-state index contributed by atoms with van der Waals surface area (Å²) in [6, 6.07) is 4.68.